The lowest BCUT2D eigenvalue weighted by atomic mass is 10.0. The molecule has 0 saturated carbocycles. The van der Waals surface area contributed by atoms with Gasteiger partial charge in [-0.25, -0.2) is 4.79 Å². The van der Waals surface area contributed by atoms with Crippen LogP contribution in [0.1, 0.15) is 5.56 Å². The number of amides is 3. The number of nitrogens with zero attached hydrogens (tertiary/aromatic N) is 4. The number of carboxylic acid groups (broad SMARTS) is 1. The highest BCUT2D eigenvalue weighted by molar-refractivity contribution is 5.76. The van der Waals surface area contributed by atoms with Crippen LogP contribution >= 0.6 is 0 Å². The van der Waals surface area contributed by atoms with Crippen molar-refractivity contribution in [3.8, 4) is 0 Å². The number of carbonyl (C=O) groups excluding carboxylic acids is 2. The summed E-state index contributed by atoms with van der Waals surface area (Å²) >= 11 is 0. The van der Waals surface area contributed by atoms with Gasteiger partial charge in [0.25, 0.3) is 0 Å². The van der Waals surface area contributed by atoms with E-state index in [1.165, 1.54) is 0 Å². The van der Waals surface area contributed by atoms with E-state index in [1.807, 2.05) is 35.2 Å². The fourth-order valence-corrected chi connectivity index (χ4v) is 3.65. The molecule has 1 aromatic carbocycles. The van der Waals surface area contributed by atoms with Crippen LogP contribution in [0.25, 0.3) is 0 Å². The molecule has 0 spiro atoms. The molecule has 2 bridgehead atoms. The molecule has 0 aromatic heterocycles. The molecular formula is C19H26N4O4. The number of urea groups is 1. The highest BCUT2D eigenvalue weighted by atomic mass is 16.4. The Hall–Kier alpha value is -2.61. The summed E-state index contributed by atoms with van der Waals surface area (Å²) in [5.74, 6) is -0.888. The van der Waals surface area contributed by atoms with E-state index in [1.54, 1.807) is 14.7 Å². The standard InChI is InChI=1S/C19H26N4O4/c24-15-20-6-8-21(10-11-23-13-12-22(9-7-20)19(23)27)17(18(25)26)14-16-4-2-1-3-5-16/h1-5,15,17H,6-14H2,(H,25,26). The summed E-state index contributed by atoms with van der Waals surface area (Å²) in [6, 6.07) is 8.80. The Labute approximate surface area is 158 Å². The third-order valence-corrected chi connectivity index (χ3v) is 5.32. The maximum absolute atomic E-state index is 12.4. The average Bonchev–Trinajstić information content (AvgIpc) is 3.01. The number of hydrogen-bond donors (Lipinski definition) is 1. The first-order valence-electron chi connectivity index (χ1n) is 9.32. The number of aliphatic carboxylic acids is 1. The van der Waals surface area contributed by atoms with Crippen molar-refractivity contribution < 1.29 is 19.5 Å². The minimum Gasteiger partial charge on any atom is -0.480 e. The topological polar surface area (TPSA) is 84.4 Å². The first-order chi connectivity index (χ1) is 13.1. The number of benzene rings is 1. The van der Waals surface area contributed by atoms with Crippen LogP contribution in [0.2, 0.25) is 0 Å². The Morgan fingerprint density at radius 3 is 2.15 bits per heavy atom. The maximum atomic E-state index is 12.4. The second-order valence-electron chi connectivity index (χ2n) is 6.98. The number of carbonyl (C=O) groups is 3. The van der Waals surface area contributed by atoms with Crippen LogP contribution in [-0.2, 0) is 16.0 Å². The highest BCUT2D eigenvalue weighted by Crippen LogP contribution is 2.14. The molecule has 0 radical (unpaired) electrons. The van der Waals surface area contributed by atoms with Gasteiger partial charge in [0, 0.05) is 52.4 Å². The van der Waals surface area contributed by atoms with Crippen LogP contribution < -0.4 is 0 Å². The van der Waals surface area contributed by atoms with Crippen molar-refractivity contribution in [2.24, 2.45) is 0 Å². The summed E-state index contributed by atoms with van der Waals surface area (Å²) in [7, 11) is 0. The first-order valence-corrected chi connectivity index (χ1v) is 9.32. The van der Waals surface area contributed by atoms with Crippen LogP contribution in [0.5, 0.6) is 0 Å². The van der Waals surface area contributed by atoms with Gasteiger partial charge in [-0.3, -0.25) is 14.5 Å². The Morgan fingerprint density at radius 2 is 1.52 bits per heavy atom. The van der Waals surface area contributed by atoms with Crippen molar-refractivity contribution in [3.05, 3.63) is 35.9 Å². The molecule has 1 aromatic rings. The molecule has 2 aliphatic rings. The predicted molar refractivity (Wildman–Crippen MR) is 99.3 cm³/mol. The van der Waals surface area contributed by atoms with E-state index in [-0.39, 0.29) is 6.03 Å². The summed E-state index contributed by atoms with van der Waals surface area (Å²) in [5, 5.41) is 9.82. The molecular weight excluding hydrogens is 348 g/mol. The molecule has 1 N–H and O–H groups in total. The van der Waals surface area contributed by atoms with E-state index in [9.17, 15) is 19.5 Å². The number of fused-ring (bicyclic) bond motifs is 2. The normalized spacial score (nSPS) is 20.3. The van der Waals surface area contributed by atoms with E-state index in [4.69, 9.17) is 0 Å². The summed E-state index contributed by atoms with van der Waals surface area (Å²) in [4.78, 5) is 42.8. The molecule has 2 heterocycles. The summed E-state index contributed by atoms with van der Waals surface area (Å²) in [5.41, 5.74) is 0.954. The fraction of sp³-hybridized carbons (Fsp3) is 0.526. The third-order valence-electron chi connectivity index (χ3n) is 5.32. The number of hydrogen-bond acceptors (Lipinski definition) is 4. The summed E-state index contributed by atoms with van der Waals surface area (Å²) < 4.78 is 0. The molecule has 8 nitrogen and oxygen atoms in total. The van der Waals surface area contributed by atoms with E-state index in [0.29, 0.717) is 58.8 Å². The second-order valence-corrected chi connectivity index (χ2v) is 6.98. The second kappa shape index (κ2) is 8.85. The lowest BCUT2D eigenvalue weighted by molar-refractivity contribution is -0.143. The Kier molecular flexibility index (Phi) is 6.28. The minimum absolute atomic E-state index is 0.0300. The van der Waals surface area contributed by atoms with Gasteiger partial charge in [-0.05, 0) is 12.0 Å². The molecule has 1 atom stereocenters. The summed E-state index contributed by atoms with van der Waals surface area (Å²) in [6.45, 7) is 4.15. The van der Waals surface area contributed by atoms with Gasteiger partial charge >= 0.3 is 12.0 Å². The number of rotatable bonds is 5. The van der Waals surface area contributed by atoms with E-state index in [2.05, 4.69) is 0 Å². The van der Waals surface area contributed by atoms with Crippen molar-refractivity contribution in [3.63, 3.8) is 0 Å². The smallest absolute Gasteiger partial charge is 0.321 e. The van der Waals surface area contributed by atoms with Crippen molar-refractivity contribution in [1.29, 1.82) is 0 Å². The SMILES string of the molecule is O=CN1CCN2CCN(CCN(C(Cc3ccccc3)C(=O)O)CC1)C2=O. The minimum atomic E-state index is -0.888. The molecule has 0 aliphatic carbocycles. The first kappa shape index (κ1) is 19.2. The monoisotopic (exact) mass is 374 g/mol. The lowest BCUT2D eigenvalue weighted by Gasteiger charge is -2.31. The van der Waals surface area contributed by atoms with Crippen LogP contribution in [0.15, 0.2) is 30.3 Å². The van der Waals surface area contributed by atoms with E-state index in [0.717, 1.165) is 12.0 Å². The van der Waals surface area contributed by atoms with Gasteiger partial charge in [0.05, 0.1) is 0 Å². The van der Waals surface area contributed by atoms with Gasteiger partial charge in [0.15, 0.2) is 0 Å². The molecule has 146 valence electrons. The van der Waals surface area contributed by atoms with Crippen LogP contribution in [-0.4, -0.2) is 102 Å². The quantitative estimate of drug-likeness (QED) is 0.744. The zero-order valence-corrected chi connectivity index (χ0v) is 15.4. The van der Waals surface area contributed by atoms with Crippen molar-refractivity contribution >= 4 is 18.4 Å². The Morgan fingerprint density at radius 1 is 0.963 bits per heavy atom. The number of carboxylic acids is 1. The van der Waals surface area contributed by atoms with Crippen LogP contribution in [0.3, 0.4) is 0 Å². The van der Waals surface area contributed by atoms with Crippen molar-refractivity contribution in [2.75, 3.05) is 52.4 Å². The molecule has 2 fully saturated rings. The zero-order valence-electron chi connectivity index (χ0n) is 15.4. The molecule has 2 saturated heterocycles. The van der Waals surface area contributed by atoms with Crippen molar-refractivity contribution in [1.82, 2.24) is 19.6 Å². The summed E-state index contributed by atoms with van der Waals surface area (Å²) in [6.07, 6.45) is 1.17. The molecule has 2 aliphatic heterocycles. The molecule has 3 rings (SSSR count). The highest BCUT2D eigenvalue weighted by Gasteiger charge is 2.32. The predicted octanol–water partition coefficient (Wildman–Crippen LogP) is 0.194. The zero-order chi connectivity index (χ0) is 19.2. The Balaban J connectivity index is 1.78. The van der Waals surface area contributed by atoms with Crippen molar-refractivity contribution in [2.45, 2.75) is 12.5 Å². The van der Waals surface area contributed by atoms with Gasteiger partial charge in [-0.2, -0.15) is 0 Å². The Bertz CT molecular complexity index is 669. The average molecular weight is 374 g/mol. The molecule has 3 amide bonds. The van der Waals surface area contributed by atoms with Crippen LogP contribution in [0.4, 0.5) is 4.79 Å². The molecule has 27 heavy (non-hydrogen) atoms. The molecule has 1 unspecified atom stereocenters. The molecule has 8 heteroatoms. The van der Waals surface area contributed by atoms with Gasteiger partial charge in [-0.1, -0.05) is 30.3 Å². The van der Waals surface area contributed by atoms with Crippen LogP contribution in [0, 0.1) is 0 Å². The fourth-order valence-electron chi connectivity index (χ4n) is 3.65. The van der Waals surface area contributed by atoms with Gasteiger partial charge in [-0.15, -0.1) is 0 Å². The van der Waals surface area contributed by atoms with Gasteiger partial charge in [0.2, 0.25) is 6.41 Å². The largest absolute Gasteiger partial charge is 0.480 e. The van der Waals surface area contributed by atoms with Gasteiger partial charge < -0.3 is 19.8 Å². The van der Waals surface area contributed by atoms with E-state index < -0.39 is 12.0 Å². The lowest BCUT2D eigenvalue weighted by Crippen LogP contribution is -2.49. The maximum Gasteiger partial charge on any atom is 0.321 e. The van der Waals surface area contributed by atoms with E-state index >= 15 is 0 Å². The van der Waals surface area contributed by atoms with Gasteiger partial charge in [0.1, 0.15) is 6.04 Å². The third kappa shape index (κ3) is 4.77.